The average molecular weight is 452 g/mol. The predicted molar refractivity (Wildman–Crippen MR) is 124 cm³/mol. The molecule has 0 bridgehead atoms. The molecule has 2 aliphatic heterocycles. The fourth-order valence-electron chi connectivity index (χ4n) is 3.76. The van der Waals surface area contributed by atoms with Crippen LogP contribution in [-0.4, -0.2) is 72.8 Å². The van der Waals surface area contributed by atoms with Crippen LogP contribution < -0.4 is 15.0 Å². The summed E-state index contributed by atoms with van der Waals surface area (Å²) < 4.78 is 6.36. The van der Waals surface area contributed by atoms with Gasteiger partial charge in [0.15, 0.2) is 0 Å². The Hall–Kier alpha value is -2.07. The van der Waals surface area contributed by atoms with Gasteiger partial charge >= 0.3 is 182 Å². The molecule has 5 nitrogen and oxygen atoms in total. The summed E-state index contributed by atoms with van der Waals surface area (Å²) in [6.45, 7) is 6.51. The van der Waals surface area contributed by atoms with Gasteiger partial charge in [0.1, 0.15) is 0 Å². The third-order valence-electron chi connectivity index (χ3n) is 5.59. The maximum atomic E-state index is 5.27. The van der Waals surface area contributed by atoms with E-state index in [1.54, 1.807) is 24.0 Å². The van der Waals surface area contributed by atoms with Gasteiger partial charge in [-0.1, -0.05) is 0 Å². The number of hydrogen-bond donors (Lipinski definition) is 1. The number of benzene rings is 2. The molecule has 2 heterocycles. The van der Waals surface area contributed by atoms with Crippen molar-refractivity contribution < 1.29 is 4.74 Å². The number of nitrogens with zero attached hydrogens (tertiary/aromatic N) is 3. The molecule has 1 N–H and O–H groups in total. The van der Waals surface area contributed by atoms with Crippen LogP contribution >= 0.6 is 0 Å². The van der Waals surface area contributed by atoms with Crippen molar-refractivity contribution in [3.8, 4) is 5.75 Å². The number of rotatable bonds is 6. The van der Waals surface area contributed by atoms with E-state index in [4.69, 9.17) is 4.74 Å². The van der Waals surface area contributed by atoms with Gasteiger partial charge in [0.25, 0.3) is 0 Å². The molecule has 0 spiro atoms. The van der Waals surface area contributed by atoms with E-state index in [1.807, 2.05) is 18.3 Å². The van der Waals surface area contributed by atoms with Crippen molar-refractivity contribution in [2.45, 2.75) is 6.42 Å². The van der Waals surface area contributed by atoms with Gasteiger partial charge in [-0.2, -0.15) is 0 Å². The van der Waals surface area contributed by atoms with Crippen molar-refractivity contribution in [2.24, 2.45) is 4.99 Å². The van der Waals surface area contributed by atoms with E-state index in [-0.39, 0.29) is 0 Å². The summed E-state index contributed by atoms with van der Waals surface area (Å²) in [6.07, 6.45) is 3.10. The normalized spacial score (nSPS) is 17.7. The number of amidine groups is 1. The third kappa shape index (κ3) is 5.10. The van der Waals surface area contributed by atoms with Crippen LogP contribution in [0, 0.1) is 0 Å². The molecule has 0 aliphatic carbocycles. The molecule has 1 atom stereocenters. The molecule has 29 heavy (non-hydrogen) atoms. The van der Waals surface area contributed by atoms with Gasteiger partial charge < -0.3 is 0 Å². The Morgan fingerprint density at radius 3 is 2.45 bits per heavy atom. The Bertz CT molecular complexity index is 871. The van der Waals surface area contributed by atoms with Crippen LogP contribution in [0.4, 0.5) is 5.69 Å². The fraction of sp³-hybridized carbons (Fsp3) is 0.348. The summed E-state index contributed by atoms with van der Waals surface area (Å²) in [7, 11) is 1.69. The number of piperazine rings is 1. The van der Waals surface area contributed by atoms with Crippen LogP contribution in [-0.2, 0) is 6.42 Å². The number of aliphatic imine (C=N–C) groups is 1. The average Bonchev–Trinajstić information content (AvgIpc) is 2.79. The summed E-state index contributed by atoms with van der Waals surface area (Å²) in [5.74, 6) is 0.876. The number of nitrogens with one attached hydrogen (secondary N) is 1. The quantitative estimate of drug-likeness (QED) is 0.681. The van der Waals surface area contributed by atoms with Gasteiger partial charge in [0.05, 0.1) is 0 Å². The van der Waals surface area contributed by atoms with E-state index >= 15 is 0 Å². The first-order chi connectivity index (χ1) is 14.2. The zero-order chi connectivity index (χ0) is 20.1. The Morgan fingerprint density at radius 2 is 1.76 bits per heavy atom. The summed E-state index contributed by atoms with van der Waals surface area (Å²) in [5.41, 5.74) is 5.01. The second-order valence-corrected chi connectivity index (χ2v) is 8.55. The summed E-state index contributed by atoms with van der Waals surface area (Å²) in [6, 6.07) is 17.2. The molecule has 0 amide bonds. The predicted octanol–water partition coefficient (Wildman–Crippen LogP) is 1.99. The molecule has 1 unspecified atom stereocenters. The molecular weight excluding hydrogens is 423 g/mol. The fourth-order valence-corrected chi connectivity index (χ4v) is 4.43. The van der Waals surface area contributed by atoms with E-state index < -0.39 is 0 Å². The Kier molecular flexibility index (Phi) is 6.70. The SMILES string of the molecule is COc1ccc(C2=CN=C([AsH2])N(c3ccc(CCN4CCNCC4)cc3)C2)cc1. The van der Waals surface area contributed by atoms with Gasteiger partial charge in [-0.15, -0.1) is 0 Å². The molecule has 4 rings (SSSR count). The summed E-state index contributed by atoms with van der Waals surface area (Å²) in [5, 5.41) is 3.41. The second-order valence-electron chi connectivity index (χ2n) is 7.46. The summed E-state index contributed by atoms with van der Waals surface area (Å²) >= 11 is 1.55. The maximum absolute atomic E-state index is 5.27. The van der Waals surface area contributed by atoms with Crippen molar-refractivity contribution in [1.82, 2.24) is 10.2 Å². The first kappa shape index (κ1) is 20.2. The zero-order valence-electron chi connectivity index (χ0n) is 17.0. The van der Waals surface area contributed by atoms with E-state index in [9.17, 15) is 0 Å². The van der Waals surface area contributed by atoms with Gasteiger partial charge in [-0.05, 0) is 0 Å². The number of hydrogen-bond acceptors (Lipinski definition) is 5. The van der Waals surface area contributed by atoms with Gasteiger partial charge in [0.2, 0.25) is 0 Å². The van der Waals surface area contributed by atoms with Crippen molar-refractivity contribution in [1.29, 1.82) is 0 Å². The molecule has 1 saturated heterocycles. The van der Waals surface area contributed by atoms with E-state index in [0.29, 0.717) is 0 Å². The van der Waals surface area contributed by atoms with Crippen molar-refractivity contribution in [3.63, 3.8) is 0 Å². The van der Waals surface area contributed by atoms with Crippen LogP contribution in [0.15, 0.2) is 59.7 Å². The molecule has 0 aromatic heterocycles. The van der Waals surface area contributed by atoms with E-state index in [0.717, 1.165) is 56.1 Å². The number of ether oxygens (including phenoxy) is 1. The minimum absolute atomic E-state index is 0.837. The molecule has 2 aromatic carbocycles. The van der Waals surface area contributed by atoms with E-state index in [1.165, 1.54) is 22.4 Å². The van der Waals surface area contributed by atoms with Crippen molar-refractivity contribution >= 4 is 32.7 Å². The number of anilines is 1. The number of methoxy groups -OCH3 is 1. The van der Waals surface area contributed by atoms with Crippen LogP contribution in [0.25, 0.3) is 5.57 Å². The molecule has 6 heteroatoms. The van der Waals surface area contributed by atoms with Crippen LogP contribution in [0.1, 0.15) is 11.1 Å². The van der Waals surface area contributed by atoms with Gasteiger partial charge in [-0.25, -0.2) is 0 Å². The Labute approximate surface area is 182 Å². The zero-order valence-corrected chi connectivity index (χ0v) is 19.4. The van der Waals surface area contributed by atoms with Crippen LogP contribution in [0.3, 0.4) is 0 Å². The standard InChI is InChI=1S/C23H29AsN4O/c1-29-22-8-4-19(5-9-22)20-16-26-23(24)28(17-20)21-6-2-18(3-7-21)10-13-27-14-11-25-12-15-27/h2-9,16,25H,10-15,17,24H2,1H3. The molecule has 2 aliphatic rings. The Balaban J connectivity index is 1.40. The summed E-state index contributed by atoms with van der Waals surface area (Å²) in [4.78, 5) is 9.52. The van der Waals surface area contributed by atoms with Crippen LogP contribution in [0.5, 0.6) is 5.75 Å². The molecule has 0 saturated carbocycles. The van der Waals surface area contributed by atoms with Gasteiger partial charge in [0, 0.05) is 0 Å². The first-order valence-electron chi connectivity index (χ1n) is 10.2. The first-order valence-corrected chi connectivity index (χ1v) is 11.4. The molecule has 2 aromatic rings. The van der Waals surface area contributed by atoms with Crippen molar-refractivity contribution in [2.75, 3.05) is 51.3 Å². The monoisotopic (exact) mass is 452 g/mol. The van der Waals surface area contributed by atoms with Crippen LogP contribution in [0.2, 0.25) is 0 Å². The second kappa shape index (κ2) is 9.62. The van der Waals surface area contributed by atoms with E-state index in [2.05, 4.69) is 56.5 Å². The molecule has 152 valence electrons. The van der Waals surface area contributed by atoms with Gasteiger partial charge in [-0.3, -0.25) is 0 Å². The topological polar surface area (TPSA) is 40.1 Å². The minimum atomic E-state index is 0.837. The molecular formula is C23H29AsN4O. The molecule has 1 fully saturated rings. The Morgan fingerprint density at radius 1 is 1.03 bits per heavy atom. The third-order valence-corrected chi connectivity index (χ3v) is 6.56. The molecule has 0 radical (unpaired) electrons. The van der Waals surface area contributed by atoms with Crippen molar-refractivity contribution in [3.05, 3.63) is 65.9 Å².